The molecular weight excluding hydrogens is 438 g/mol. The first-order valence-electron chi connectivity index (χ1n) is 11.1. The maximum absolute atomic E-state index is 13.5. The lowest BCUT2D eigenvalue weighted by atomic mass is 10.1. The molecule has 2 aromatic carbocycles. The molecule has 0 spiro atoms. The van der Waals surface area contributed by atoms with E-state index in [9.17, 15) is 18.0 Å². The molecule has 2 amide bonds. The number of anilines is 1. The summed E-state index contributed by atoms with van der Waals surface area (Å²) in [6, 6.07) is 14.0. The Kier molecular flexibility index (Phi) is 9.05. The van der Waals surface area contributed by atoms with Gasteiger partial charge in [-0.25, -0.2) is 8.42 Å². The number of sulfonamides is 1. The third-order valence-corrected chi connectivity index (χ3v) is 6.36. The van der Waals surface area contributed by atoms with E-state index < -0.39 is 28.5 Å². The number of carbonyl (C=O) groups excluding carboxylic acids is 2. The molecule has 0 unspecified atom stereocenters. The highest BCUT2D eigenvalue weighted by atomic mass is 32.2. The summed E-state index contributed by atoms with van der Waals surface area (Å²) >= 11 is 0. The first kappa shape index (κ1) is 26.4. The number of benzene rings is 2. The standard InChI is InChI=1S/C25H35N3O4S/c1-18(2)15-26-25(30)21(5)27(16-22-10-8-7-9-11-22)24(29)17-28(33(6,31)32)23-13-19(3)12-20(4)14-23/h7-14,18,21H,15-17H2,1-6H3,(H,26,30)/t21-/m1/s1. The first-order valence-corrected chi connectivity index (χ1v) is 12.9. The summed E-state index contributed by atoms with van der Waals surface area (Å²) in [7, 11) is -3.74. The molecule has 1 N–H and O–H groups in total. The molecule has 0 aliphatic carbocycles. The molecule has 0 saturated carbocycles. The van der Waals surface area contributed by atoms with Crippen LogP contribution in [0.3, 0.4) is 0 Å². The van der Waals surface area contributed by atoms with Crippen LogP contribution in [0.4, 0.5) is 5.69 Å². The maximum atomic E-state index is 13.5. The van der Waals surface area contributed by atoms with E-state index in [2.05, 4.69) is 5.32 Å². The van der Waals surface area contributed by atoms with Gasteiger partial charge in [0.05, 0.1) is 11.9 Å². The van der Waals surface area contributed by atoms with Crippen molar-refractivity contribution in [1.29, 1.82) is 0 Å². The topological polar surface area (TPSA) is 86.8 Å². The summed E-state index contributed by atoms with van der Waals surface area (Å²) in [5.41, 5.74) is 3.08. The van der Waals surface area contributed by atoms with Crippen molar-refractivity contribution in [3.05, 3.63) is 65.2 Å². The highest BCUT2D eigenvalue weighted by Crippen LogP contribution is 2.22. The number of nitrogens with one attached hydrogen (secondary N) is 1. The van der Waals surface area contributed by atoms with Crippen LogP contribution >= 0.6 is 0 Å². The van der Waals surface area contributed by atoms with Crippen LogP contribution in [0.5, 0.6) is 0 Å². The zero-order valence-corrected chi connectivity index (χ0v) is 21.1. The van der Waals surface area contributed by atoms with Crippen molar-refractivity contribution in [1.82, 2.24) is 10.2 Å². The number of hydrogen-bond donors (Lipinski definition) is 1. The lowest BCUT2D eigenvalue weighted by Crippen LogP contribution is -2.51. The average Bonchev–Trinajstić information content (AvgIpc) is 2.72. The van der Waals surface area contributed by atoms with Gasteiger partial charge >= 0.3 is 0 Å². The lowest BCUT2D eigenvalue weighted by molar-refractivity contribution is -0.139. The van der Waals surface area contributed by atoms with E-state index in [0.717, 1.165) is 27.3 Å². The number of rotatable bonds is 10. The number of aryl methyl sites for hydroxylation is 2. The minimum Gasteiger partial charge on any atom is -0.354 e. The zero-order valence-electron chi connectivity index (χ0n) is 20.3. The second-order valence-corrected chi connectivity index (χ2v) is 10.8. The molecule has 0 aliphatic heterocycles. The van der Waals surface area contributed by atoms with Gasteiger partial charge in [0.2, 0.25) is 21.8 Å². The number of carbonyl (C=O) groups is 2. The van der Waals surface area contributed by atoms with Crippen molar-refractivity contribution in [2.45, 2.75) is 47.2 Å². The van der Waals surface area contributed by atoms with Crippen LogP contribution in [-0.4, -0.2) is 50.5 Å². The number of hydrogen-bond acceptors (Lipinski definition) is 4. The zero-order chi connectivity index (χ0) is 24.8. The summed E-state index contributed by atoms with van der Waals surface area (Å²) in [6.07, 6.45) is 1.08. The van der Waals surface area contributed by atoms with E-state index >= 15 is 0 Å². The Hall–Kier alpha value is -2.87. The fraction of sp³-hybridized carbons (Fsp3) is 0.440. The molecule has 0 aliphatic rings. The number of nitrogens with zero attached hydrogens (tertiary/aromatic N) is 2. The van der Waals surface area contributed by atoms with Crippen molar-refractivity contribution in [2.24, 2.45) is 5.92 Å². The molecule has 7 nitrogen and oxygen atoms in total. The van der Waals surface area contributed by atoms with Crippen LogP contribution in [0.15, 0.2) is 48.5 Å². The summed E-state index contributed by atoms with van der Waals surface area (Å²) in [5, 5.41) is 2.87. The third kappa shape index (κ3) is 7.89. The van der Waals surface area contributed by atoms with E-state index in [0.29, 0.717) is 12.2 Å². The van der Waals surface area contributed by atoms with E-state index in [1.54, 1.807) is 19.1 Å². The van der Waals surface area contributed by atoms with Crippen molar-refractivity contribution in [3.8, 4) is 0 Å². The molecule has 0 heterocycles. The van der Waals surface area contributed by atoms with Crippen LogP contribution in [0.1, 0.15) is 37.5 Å². The molecular formula is C25H35N3O4S. The second kappa shape index (κ2) is 11.3. The molecule has 2 rings (SSSR count). The van der Waals surface area contributed by atoms with Gasteiger partial charge < -0.3 is 10.2 Å². The van der Waals surface area contributed by atoms with E-state index in [1.807, 2.05) is 64.1 Å². The Morgan fingerprint density at radius 2 is 1.55 bits per heavy atom. The second-order valence-electron chi connectivity index (χ2n) is 8.94. The Morgan fingerprint density at radius 1 is 0.970 bits per heavy atom. The molecule has 33 heavy (non-hydrogen) atoms. The van der Waals surface area contributed by atoms with Crippen LogP contribution in [-0.2, 0) is 26.2 Å². The predicted molar refractivity (Wildman–Crippen MR) is 132 cm³/mol. The predicted octanol–water partition coefficient (Wildman–Crippen LogP) is 3.26. The minimum absolute atomic E-state index is 0.195. The monoisotopic (exact) mass is 473 g/mol. The smallest absolute Gasteiger partial charge is 0.244 e. The van der Waals surface area contributed by atoms with Gasteiger partial charge in [0.15, 0.2) is 0 Å². The van der Waals surface area contributed by atoms with Gasteiger partial charge in [-0.2, -0.15) is 0 Å². The molecule has 0 radical (unpaired) electrons. The maximum Gasteiger partial charge on any atom is 0.244 e. The largest absolute Gasteiger partial charge is 0.354 e. The van der Waals surface area contributed by atoms with Gasteiger partial charge in [-0.3, -0.25) is 13.9 Å². The van der Waals surface area contributed by atoms with Crippen LogP contribution < -0.4 is 9.62 Å². The fourth-order valence-electron chi connectivity index (χ4n) is 3.52. The summed E-state index contributed by atoms with van der Waals surface area (Å²) < 4.78 is 26.4. The molecule has 1 atom stereocenters. The van der Waals surface area contributed by atoms with Gasteiger partial charge in [0.1, 0.15) is 12.6 Å². The van der Waals surface area contributed by atoms with Crippen LogP contribution in [0.2, 0.25) is 0 Å². The molecule has 0 bridgehead atoms. The van der Waals surface area contributed by atoms with Crippen molar-refractivity contribution in [3.63, 3.8) is 0 Å². The molecule has 0 aromatic heterocycles. The highest BCUT2D eigenvalue weighted by molar-refractivity contribution is 7.92. The molecule has 0 fully saturated rings. The van der Waals surface area contributed by atoms with Gasteiger partial charge in [-0.15, -0.1) is 0 Å². The van der Waals surface area contributed by atoms with Gasteiger partial charge in [0, 0.05) is 13.1 Å². The normalized spacial score (nSPS) is 12.3. The van der Waals surface area contributed by atoms with E-state index in [1.165, 1.54) is 4.90 Å². The number of amides is 2. The van der Waals surface area contributed by atoms with Crippen molar-refractivity contribution in [2.75, 3.05) is 23.7 Å². The van der Waals surface area contributed by atoms with Crippen molar-refractivity contribution < 1.29 is 18.0 Å². The fourth-order valence-corrected chi connectivity index (χ4v) is 4.36. The SMILES string of the molecule is Cc1cc(C)cc(N(CC(=O)N(Cc2ccccc2)[C@H](C)C(=O)NCC(C)C)S(C)(=O)=O)c1. The van der Waals surface area contributed by atoms with Gasteiger partial charge in [0.25, 0.3) is 0 Å². The highest BCUT2D eigenvalue weighted by Gasteiger charge is 2.30. The quantitative estimate of drug-likeness (QED) is 0.574. The average molecular weight is 474 g/mol. The van der Waals surface area contributed by atoms with Crippen LogP contribution in [0, 0.1) is 19.8 Å². The lowest BCUT2D eigenvalue weighted by Gasteiger charge is -2.31. The summed E-state index contributed by atoms with van der Waals surface area (Å²) in [5.74, 6) is -0.453. The molecule has 8 heteroatoms. The molecule has 0 saturated heterocycles. The van der Waals surface area contributed by atoms with Crippen molar-refractivity contribution >= 4 is 27.5 Å². The Bertz CT molecular complexity index is 1050. The van der Waals surface area contributed by atoms with Gasteiger partial charge in [-0.1, -0.05) is 50.2 Å². The Morgan fingerprint density at radius 3 is 2.06 bits per heavy atom. The van der Waals surface area contributed by atoms with Crippen LogP contribution in [0.25, 0.3) is 0 Å². The Labute approximate surface area is 197 Å². The Balaban J connectivity index is 2.37. The minimum atomic E-state index is -3.74. The van der Waals surface area contributed by atoms with E-state index in [4.69, 9.17) is 0 Å². The van der Waals surface area contributed by atoms with E-state index in [-0.39, 0.29) is 18.4 Å². The summed E-state index contributed by atoms with van der Waals surface area (Å²) in [4.78, 5) is 27.7. The molecule has 2 aromatic rings. The first-order chi connectivity index (χ1) is 15.4. The van der Waals surface area contributed by atoms with Gasteiger partial charge in [-0.05, 0) is 55.5 Å². The molecule has 180 valence electrons. The summed E-state index contributed by atoms with van der Waals surface area (Å²) in [6.45, 7) is 9.70. The third-order valence-electron chi connectivity index (χ3n) is 5.22.